The summed E-state index contributed by atoms with van der Waals surface area (Å²) in [4.78, 5) is 42.8. The molecule has 6 aromatic carbocycles. The Morgan fingerprint density at radius 1 is 0.548 bits per heavy atom. The largest absolute Gasteiger partial charge is 0.289 e. The van der Waals surface area contributed by atoms with E-state index < -0.39 is 31.9 Å². The van der Waals surface area contributed by atoms with E-state index >= 15 is 0 Å². The third kappa shape index (κ3) is 4.18. The van der Waals surface area contributed by atoms with Gasteiger partial charge in [-0.2, -0.15) is 0 Å². The molecular formula is C32H19N3O7. The lowest BCUT2D eigenvalue weighted by Gasteiger charge is -2.10. The molecule has 0 saturated carbocycles. The second-order valence-corrected chi connectivity index (χ2v) is 9.83. The van der Waals surface area contributed by atoms with Crippen molar-refractivity contribution in [2.75, 3.05) is 0 Å². The van der Waals surface area contributed by atoms with Crippen molar-refractivity contribution in [2.45, 2.75) is 6.92 Å². The maximum atomic E-state index is 12.3. The SMILES string of the molecule is Cc1c2ccccc2cc2ccc3ccccc3c12.O=C1c2cc([N+](=O)[O-])ccc2-c2c1cc([N+](=O)[O-])cc2[N+](=O)[O-]. The Kier molecular flexibility index (Phi) is 6.15. The van der Waals surface area contributed by atoms with Crippen LogP contribution >= 0.6 is 0 Å². The van der Waals surface area contributed by atoms with Crippen molar-refractivity contribution in [3.05, 3.63) is 144 Å². The molecule has 10 heteroatoms. The van der Waals surface area contributed by atoms with Crippen LogP contribution in [0.2, 0.25) is 0 Å². The average molecular weight is 558 g/mol. The van der Waals surface area contributed by atoms with Gasteiger partial charge in [0.15, 0.2) is 5.78 Å². The maximum absolute atomic E-state index is 12.3. The summed E-state index contributed by atoms with van der Waals surface area (Å²) in [5.74, 6) is -0.717. The molecule has 0 amide bonds. The Bertz CT molecular complexity index is 2170. The van der Waals surface area contributed by atoms with Gasteiger partial charge in [-0.05, 0) is 56.9 Å². The number of rotatable bonds is 3. The lowest BCUT2D eigenvalue weighted by atomic mass is 9.94. The third-order valence-corrected chi connectivity index (χ3v) is 7.49. The van der Waals surface area contributed by atoms with Crippen LogP contribution < -0.4 is 0 Å². The highest BCUT2D eigenvalue weighted by molar-refractivity contribution is 6.23. The number of hydrogen-bond acceptors (Lipinski definition) is 7. The summed E-state index contributed by atoms with van der Waals surface area (Å²) in [6.07, 6.45) is 0. The lowest BCUT2D eigenvalue weighted by Crippen LogP contribution is -2.00. The van der Waals surface area contributed by atoms with Gasteiger partial charge in [0.2, 0.25) is 0 Å². The molecule has 6 aromatic rings. The molecule has 204 valence electrons. The Balaban J connectivity index is 0.000000153. The fraction of sp³-hybridized carbons (Fsp3) is 0.0312. The topological polar surface area (TPSA) is 146 Å². The van der Waals surface area contributed by atoms with Gasteiger partial charge in [-0.15, -0.1) is 0 Å². The molecule has 0 aliphatic heterocycles. The molecule has 1 aliphatic rings. The zero-order valence-electron chi connectivity index (χ0n) is 21.9. The van der Waals surface area contributed by atoms with Gasteiger partial charge < -0.3 is 0 Å². The van der Waals surface area contributed by atoms with Crippen LogP contribution in [0.3, 0.4) is 0 Å². The molecular weight excluding hydrogens is 538 g/mol. The van der Waals surface area contributed by atoms with E-state index in [0.717, 1.165) is 24.3 Å². The zero-order valence-corrected chi connectivity index (χ0v) is 21.9. The van der Waals surface area contributed by atoms with Gasteiger partial charge in [-0.3, -0.25) is 35.1 Å². The molecule has 0 aromatic heterocycles. The summed E-state index contributed by atoms with van der Waals surface area (Å²) in [6, 6.07) is 29.1. The quantitative estimate of drug-likeness (QED) is 0.0923. The van der Waals surface area contributed by atoms with Crippen LogP contribution in [-0.4, -0.2) is 20.6 Å². The molecule has 10 nitrogen and oxygen atoms in total. The molecule has 42 heavy (non-hydrogen) atoms. The van der Waals surface area contributed by atoms with Gasteiger partial charge in [0, 0.05) is 34.9 Å². The van der Waals surface area contributed by atoms with Gasteiger partial charge in [0.25, 0.3) is 17.1 Å². The molecule has 7 rings (SSSR count). The van der Waals surface area contributed by atoms with Crippen molar-refractivity contribution >= 4 is 55.2 Å². The van der Waals surface area contributed by atoms with E-state index in [4.69, 9.17) is 0 Å². The fourth-order valence-corrected chi connectivity index (χ4v) is 5.61. The summed E-state index contributed by atoms with van der Waals surface area (Å²) in [5, 5.41) is 40.9. The molecule has 1 aliphatic carbocycles. The molecule has 0 bridgehead atoms. The van der Waals surface area contributed by atoms with E-state index in [-0.39, 0.29) is 27.9 Å². The first-order valence-corrected chi connectivity index (χ1v) is 12.8. The van der Waals surface area contributed by atoms with E-state index in [1.165, 1.54) is 43.9 Å². The Morgan fingerprint density at radius 3 is 1.86 bits per heavy atom. The van der Waals surface area contributed by atoms with Crippen LogP contribution in [0.1, 0.15) is 21.5 Å². The monoisotopic (exact) mass is 557 g/mol. The standard InChI is InChI=1S/C19H14.C13H5N3O7/c1-13-17-8-4-3-7-15(17)12-16-11-10-14-6-2-5-9-18(14)19(13)16;17-13-9-3-6(14(18)19)1-2-8(9)12-10(13)4-7(15(20)21)5-11(12)16(22)23/h2-12H,1H3;1-5H. The minimum Gasteiger partial charge on any atom is -0.289 e. The number of nitro groups is 3. The predicted octanol–water partition coefficient (Wildman–Crippen LogP) is 8.08. The zero-order chi connectivity index (χ0) is 29.7. The summed E-state index contributed by atoms with van der Waals surface area (Å²) < 4.78 is 0. The number of aryl methyl sites for hydroxylation is 1. The van der Waals surface area contributed by atoms with E-state index in [0.29, 0.717) is 0 Å². The summed E-state index contributed by atoms with van der Waals surface area (Å²) >= 11 is 0. The van der Waals surface area contributed by atoms with E-state index in [9.17, 15) is 35.1 Å². The molecule has 0 N–H and O–H groups in total. The van der Waals surface area contributed by atoms with Gasteiger partial charge >= 0.3 is 0 Å². The van der Waals surface area contributed by atoms with Crippen LogP contribution in [0.15, 0.2) is 97.1 Å². The van der Waals surface area contributed by atoms with Crippen molar-refractivity contribution in [1.29, 1.82) is 0 Å². The summed E-state index contributed by atoms with van der Waals surface area (Å²) in [7, 11) is 0. The Morgan fingerprint density at radius 2 is 1.17 bits per heavy atom. The summed E-state index contributed by atoms with van der Waals surface area (Å²) in [6.45, 7) is 2.23. The first-order chi connectivity index (χ1) is 20.2. The normalized spacial score (nSPS) is 11.6. The molecule has 0 radical (unpaired) electrons. The number of non-ortho nitro benzene ring substituents is 2. The van der Waals surface area contributed by atoms with E-state index in [2.05, 4.69) is 73.7 Å². The molecule has 0 unspecified atom stereocenters. The van der Waals surface area contributed by atoms with E-state index in [1.807, 2.05) is 0 Å². The summed E-state index contributed by atoms with van der Waals surface area (Å²) in [5.41, 5.74) is -0.347. The van der Waals surface area contributed by atoms with Crippen LogP contribution in [0, 0.1) is 37.3 Å². The highest BCUT2D eigenvalue weighted by Gasteiger charge is 2.36. The molecule has 0 heterocycles. The van der Waals surface area contributed by atoms with Crippen molar-refractivity contribution in [1.82, 2.24) is 0 Å². The number of ketones is 1. The van der Waals surface area contributed by atoms with Crippen molar-refractivity contribution in [3.63, 3.8) is 0 Å². The first-order valence-electron chi connectivity index (χ1n) is 12.8. The number of benzene rings is 6. The number of nitrogens with zero attached hydrogens (tertiary/aromatic N) is 3. The van der Waals surface area contributed by atoms with Crippen LogP contribution in [0.5, 0.6) is 0 Å². The van der Waals surface area contributed by atoms with Gasteiger partial charge in [0.05, 0.1) is 26.4 Å². The predicted molar refractivity (Wildman–Crippen MR) is 159 cm³/mol. The second-order valence-electron chi connectivity index (χ2n) is 9.83. The molecule has 0 fully saturated rings. The molecule has 0 spiro atoms. The Labute approximate surface area is 236 Å². The third-order valence-electron chi connectivity index (χ3n) is 7.49. The van der Waals surface area contributed by atoms with Crippen LogP contribution in [0.25, 0.3) is 43.4 Å². The smallest absolute Gasteiger partial charge is 0.284 e. The lowest BCUT2D eigenvalue weighted by molar-refractivity contribution is -0.393. The average Bonchev–Trinajstić information content (AvgIpc) is 3.27. The van der Waals surface area contributed by atoms with Gasteiger partial charge in [0.1, 0.15) is 0 Å². The minimum atomic E-state index is -0.841. The van der Waals surface area contributed by atoms with Crippen molar-refractivity contribution < 1.29 is 19.6 Å². The molecule has 0 saturated heterocycles. The van der Waals surface area contributed by atoms with Crippen molar-refractivity contribution in [2.24, 2.45) is 0 Å². The highest BCUT2D eigenvalue weighted by Crippen LogP contribution is 2.45. The second kappa shape index (κ2) is 9.86. The van der Waals surface area contributed by atoms with Gasteiger partial charge in [-0.1, -0.05) is 60.7 Å². The van der Waals surface area contributed by atoms with E-state index in [1.54, 1.807) is 0 Å². The maximum Gasteiger partial charge on any atom is 0.284 e. The molecule has 0 atom stereocenters. The van der Waals surface area contributed by atoms with Crippen LogP contribution in [-0.2, 0) is 0 Å². The van der Waals surface area contributed by atoms with Gasteiger partial charge in [-0.25, -0.2) is 0 Å². The van der Waals surface area contributed by atoms with Crippen molar-refractivity contribution in [3.8, 4) is 11.1 Å². The number of fused-ring (bicyclic) bond motifs is 7. The number of nitro benzene ring substituents is 3. The number of carbonyl (C=O) groups excluding carboxylic acids is 1. The fourth-order valence-electron chi connectivity index (χ4n) is 5.61. The first kappa shape index (κ1) is 26.2. The minimum absolute atomic E-state index is 0.0597. The highest BCUT2D eigenvalue weighted by atomic mass is 16.6. The Hall–Kier alpha value is -6.03. The number of hydrogen-bond donors (Lipinski definition) is 0. The number of carbonyl (C=O) groups is 1. The van der Waals surface area contributed by atoms with Crippen LogP contribution in [0.4, 0.5) is 17.1 Å².